The van der Waals surface area contributed by atoms with E-state index in [0.29, 0.717) is 42.6 Å². The van der Waals surface area contributed by atoms with Gasteiger partial charge in [0.05, 0.1) is 31.7 Å². The number of ether oxygens (including phenoxy) is 2. The molecule has 0 amide bonds. The van der Waals surface area contributed by atoms with Crippen LogP contribution in [0, 0.1) is 0 Å². The van der Waals surface area contributed by atoms with E-state index in [2.05, 4.69) is 25.6 Å². The van der Waals surface area contributed by atoms with Gasteiger partial charge in [-0.1, -0.05) is 23.4 Å². The normalized spacial score (nSPS) is 11.1. The van der Waals surface area contributed by atoms with Gasteiger partial charge in [0.2, 0.25) is 5.95 Å². The summed E-state index contributed by atoms with van der Waals surface area (Å²) in [7, 11) is 1.65. The molecule has 0 fully saturated rings. The van der Waals surface area contributed by atoms with Gasteiger partial charge in [-0.3, -0.25) is 0 Å². The second-order valence-electron chi connectivity index (χ2n) is 6.37. The van der Waals surface area contributed by atoms with Gasteiger partial charge in [0.25, 0.3) is 0 Å². The first-order chi connectivity index (χ1) is 14.2. The monoisotopic (exact) mass is 391 g/mol. The lowest BCUT2D eigenvalue weighted by Gasteiger charge is -2.08. The molecule has 2 aromatic carbocycles. The van der Waals surface area contributed by atoms with Crippen molar-refractivity contribution in [3.63, 3.8) is 0 Å². The van der Waals surface area contributed by atoms with E-state index >= 15 is 0 Å². The van der Waals surface area contributed by atoms with Gasteiger partial charge in [0.1, 0.15) is 0 Å². The highest BCUT2D eigenvalue weighted by Gasteiger charge is 2.11. The van der Waals surface area contributed by atoms with Gasteiger partial charge < -0.3 is 20.5 Å². The molecule has 2 heterocycles. The first-order valence-electron chi connectivity index (χ1n) is 9.10. The molecule has 9 nitrogen and oxygen atoms in total. The molecule has 0 bridgehead atoms. The Bertz CT molecular complexity index is 1110. The van der Waals surface area contributed by atoms with Crippen LogP contribution in [0.2, 0.25) is 0 Å². The van der Waals surface area contributed by atoms with Crippen molar-refractivity contribution in [2.75, 3.05) is 31.4 Å². The number of fused-ring (bicyclic) bond motifs is 1. The molecular weight excluding hydrogens is 370 g/mol. The fourth-order valence-electron chi connectivity index (χ4n) is 2.82. The standard InChI is InChI=1S/C20H21N7O2/c1-28-8-9-29-13-14-4-2-7-17(10-14)27-19-18(25-26-27)12-22-20(24-19)23-16-6-3-5-15(21)11-16/h2-7,10-12H,8-9,13,21H2,1H3,(H,22,23,24). The zero-order chi connectivity index (χ0) is 20.1. The number of hydrogen-bond acceptors (Lipinski definition) is 8. The third-order valence-corrected chi connectivity index (χ3v) is 4.19. The van der Waals surface area contributed by atoms with Crippen molar-refractivity contribution < 1.29 is 9.47 Å². The predicted molar refractivity (Wildman–Crippen MR) is 110 cm³/mol. The fraction of sp³-hybridized carbons (Fsp3) is 0.200. The molecule has 9 heteroatoms. The van der Waals surface area contributed by atoms with E-state index in [1.165, 1.54) is 0 Å². The van der Waals surface area contributed by atoms with Gasteiger partial charge in [-0.25, -0.2) is 4.98 Å². The summed E-state index contributed by atoms with van der Waals surface area (Å²) in [5.74, 6) is 0.436. The largest absolute Gasteiger partial charge is 0.399 e. The van der Waals surface area contributed by atoms with Gasteiger partial charge in [-0.05, 0) is 35.9 Å². The second-order valence-corrected chi connectivity index (χ2v) is 6.37. The SMILES string of the molecule is COCCOCc1cccc(-n2nnc3cnc(Nc4cccc(N)c4)nc32)c1. The van der Waals surface area contributed by atoms with Crippen molar-refractivity contribution in [1.82, 2.24) is 25.0 Å². The van der Waals surface area contributed by atoms with E-state index < -0.39 is 0 Å². The molecule has 4 aromatic rings. The summed E-state index contributed by atoms with van der Waals surface area (Å²) in [6, 6.07) is 15.3. The number of hydrogen-bond donors (Lipinski definition) is 2. The van der Waals surface area contributed by atoms with E-state index in [9.17, 15) is 0 Å². The smallest absolute Gasteiger partial charge is 0.229 e. The summed E-state index contributed by atoms with van der Waals surface area (Å²) in [6.45, 7) is 1.59. The molecule has 29 heavy (non-hydrogen) atoms. The maximum atomic E-state index is 5.83. The Morgan fingerprint density at radius 1 is 1.10 bits per heavy atom. The summed E-state index contributed by atoms with van der Waals surface area (Å²) in [5.41, 5.74) is 10.4. The molecule has 4 rings (SSSR count). The lowest BCUT2D eigenvalue weighted by Crippen LogP contribution is -2.04. The van der Waals surface area contributed by atoms with Crippen LogP contribution in [0.4, 0.5) is 17.3 Å². The predicted octanol–water partition coefficient (Wildman–Crippen LogP) is 2.70. The Morgan fingerprint density at radius 3 is 2.86 bits per heavy atom. The first kappa shape index (κ1) is 18.8. The Balaban J connectivity index is 1.59. The third kappa shape index (κ3) is 4.48. The Hall–Kier alpha value is -3.56. The van der Waals surface area contributed by atoms with E-state index in [4.69, 9.17) is 15.2 Å². The molecule has 0 spiro atoms. The van der Waals surface area contributed by atoms with E-state index in [1.54, 1.807) is 18.0 Å². The molecule has 0 saturated heterocycles. The quantitative estimate of drug-likeness (QED) is 0.348. The van der Waals surface area contributed by atoms with Crippen LogP contribution in [0.15, 0.2) is 54.7 Å². The molecule has 0 aliphatic rings. The lowest BCUT2D eigenvalue weighted by molar-refractivity contribution is 0.0616. The maximum absolute atomic E-state index is 5.83. The number of aromatic nitrogens is 5. The highest BCUT2D eigenvalue weighted by Crippen LogP contribution is 2.20. The molecular formula is C20H21N7O2. The van der Waals surface area contributed by atoms with Crippen molar-refractivity contribution >= 4 is 28.5 Å². The molecule has 0 atom stereocenters. The Morgan fingerprint density at radius 2 is 2.00 bits per heavy atom. The average molecular weight is 391 g/mol. The summed E-state index contributed by atoms with van der Waals surface area (Å²) < 4.78 is 12.3. The van der Waals surface area contributed by atoms with Crippen molar-refractivity contribution in [1.29, 1.82) is 0 Å². The lowest BCUT2D eigenvalue weighted by atomic mass is 10.2. The van der Waals surface area contributed by atoms with Crippen LogP contribution in [0.1, 0.15) is 5.56 Å². The van der Waals surface area contributed by atoms with Crippen molar-refractivity contribution in [3.8, 4) is 5.69 Å². The summed E-state index contributed by atoms with van der Waals surface area (Å²) in [4.78, 5) is 8.88. The number of methoxy groups -OCH3 is 1. The van der Waals surface area contributed by atoms with Crippen molar-refractivity contribution in [2.45, 2.75) is 6.61 Å². The fourth-order valence-corrected chi connectivity index (χ4v) is 2.82. The van der Waals surface area contributed by atoms with Crippen molar-refractivity contribution in [3.05, 3.63) is 60.3 Å². The maximum Gasteiger partial charge on any atom is 0.229 e. The van der Waals surface area contributed by atoms with Gasteiger partial charge in [-0.2, -0.15) is 9.67 Å². The molecule has 0 aliphatic heterocycles. The van der Waals surface area contributed by atoms with Crippen LogP contribution in [0.5, 0.6) is 0 Å². The molecule has 0 aliphatic carbocycles. The summed E-state index contributed by atoms with van der Waals surface area (Å²) >= 11 is 0. The zero-order valence-corrected chi connectivity index (χ0v) is 15.9. The Labute approximate surface area is 167 Å². The minimum Gasteiger partial charge on any atom is -0.399 e. The van der Waals surface area contributed by atoms with E-state index in [-0.39, 0.29) is 0 Å². The van der Waals surface area contributed by atoms with Gasteiger partial charge in [0.15, 0.2) is 11.2 Å². The van der Waals surface area contributed by atoms with Crippen LogP contribution in [-0.2, 0) is 16.1 Å². The molecule has 0 unspecified atom stereocenters. The highest BCUT2D eigenvalue weighted by molar-refractivity contribution is 5.73. The number of nitrogens with zero attached hydrogens (tertiary/aromatic N) is 5. The molecule has 0 saturated carbocycles. The number of benzene rings is 2. The minimum absolute atomic E-state index is 0.436. The number of nitrogens with two attached hydrogens (primary N) is 1. The van der Waals surface area contributed by atoms with E-state index in [1.807, 2.05) is 48.5 Å². The molecule has 148 valence electrons. The van der Waals surface area contributed by atoms with Crippen LogP contribution in [0.3, 0.4) is 0 Å². The van der Waals surface area contributed by atoms with Crippen molar-refractivity contribution in [2.24, 2.45) is 0 Å². The second kappa shape index (κ2) is 8.63. The summed E-state index contributed by atoms with van der Waals surface area (Å²) in [5, 5.41) is 11.6. The minimum atomic E-state index is 0.436. The number of rotatable bonds is 8. The van der Waals surface area contributed by atoms with Gasteiger partial charge in [-0.15, -0.1) is 5.10 Å². The first-order valence-corrected chi connectivity index (χ1v) is 9.10. The van der Waals surface area contributed by atoms with Crippen LogP contribution in [0.25, 0.3) is 16.9 Å². The molecule has 0 radical (unpaired) electrons. The topological polar surface area (TPSA) is 113 Å². The number of anilines is 3. The zero-order valence-electron chi connectivity index (χ0n) is 15.9. The average Bonchev–Trinajstić information content (AvgIpc) is 3.15. The van der Waals surface area contributed by atoms with Gasteiger partial charge >= 0.3 is 0 Å². The molecule has 2 aromatic heterocycles. The molecule has 3 N–H and O–H groups in total. The Kier molecular flexibility index (Phi) is 5.59. The van der Waals surface area contributed by atoms with Crippen LogP contribution in [-0.4, -0.2) is 45.3 Å². The number of nitrogens with one attached hydrogen (secondary N) is 1. The highest BCUT2D eigenvalue weighted by atomic mass is 16.5. The third-order valence-electron chi connectivity index (χ3n) is 4.19. The number of nitrogen functional groups attached to an aromatic ring is 1. The van der Waals surface area contributed by atoms with E-state index in [0.717, 1.165) is 16.9 Å². The van der Waals surface area contributed by atoms with Gasteiger partial charge in [0, 0.05) is 18.5 Å². The summed E-state index contributed by atoms with van der Waals surface area (Å²) in [6.07, 6.45) is 1.64. The van der Waals surface area contributed by atoms with Crippen LogP contribution >= 0.6 is 0 Å². The van der Waals surface area contributed by atoms with Crippen LogP contribution < -0.4 is 11.1 Å².